The van der Waals surface area contributed by atoms with Crippen molar-refractivity contribution >= 4 is 11.8 Å². The molecule has 0 radical (unpaired) electrons. The minimum atomic E-state index is -0.205. The maximum absolute atomic E-state index is 13.5. The number of para-hydroxylation sites is 1. The van der Waals surface area contributed by atoms with Crippen molar-refractivity contribution in [3.63, 3.8) is 0 Å². The van der Waals surface area contributed by atoms with Gasteiger partial charge in [-0.2, -0.15) is 0 Å². The Morgan fingerprint density at radius 1 is 0.926 bits per heavy atom. The summed E-state index contributed by atoms with van der Waals surface area (Å²) >= 11 is 1.59. The predicted molar refractivity (Wildman–Crippen MR) is 106 cm³/mol. The third-order valence-electron chi connectivity index (χ3n) is 4.79. The SMILES string of the molecule is Fc1cccc(CSc2nnc(CN3CCCCC3)n2-c2ccccc2)c1. The molecular formula is C21H23FN4S. The van der Waals surface area contributed by atoms with Crippen molar-refractivity contribution in [2.24, 2.45) is 0 Å². The Labute approximate surface area is 163 Å². The summed E-state index contributed by atoms with van der Waals surface area (Å²) < 4.78 is 15.6. The van der Waals surface area contributed by atoms with Crippen LogP contribution in [0.25, 0.3) is 5.69 Å². The van der Waals surface area contributed by atoms with Gasteiger partial charge in [0.2, 0.25) is 0 Å². The van der Waals surface area contributed by atoms with Gasteiger partial charge in [-0.1, -0.05) is 48.5 Å². The van der Waals surface area contributed by atoms with Crippen LogP contribution in [0.5, 0.6) is 0 Å². The quantitative estimate of drug-likeness (QED) is 0.580. The summed E-state index contributed by atoms with van der Waals surface area (Å²) in [6.07, 6.45) is 3.82. The zero-order valence-electron chi connectivity index (χ0n) is 15.2. The number of hydrogen-bond donors (Lipinski definition) is 0. The lowest BCUT2D eigenvalue weighted by atomic mass is 10.1. The molecule has 4 nitrogen and oxygen atoms in total. The lowest BCUT2D eigenvalue weighted by Crippen LogP contribution is -2.30. The maximum atomic E-state index is 13.5. The molecule has 0 aliphatic carbocycles. The molecule has 140 valence electrons. The Balaban J connectivity index is 1.58. The second kappa shape index (κ2) is 8.67. The van der Waals surface area contributed by atoms with E-state index in [-0.39, 0.29) is 5.82 Å². The Morgan fingerprint density at radius 2 is 1.74 bits per heavy atom. The van der Waals surface area contributed by atoms with Crippen LogP contribution in [-0.2, 0) is 12.3 Å². The Hall–Kier alpha value is -2.18. The third kappa shape index (κ3) is 4.57. The van der Waals surface area contributed by atoms with Gasteiger partial charge in [0, 0.05) is 11.4 Å². The van der Waals surface area contributed by atoms with E-state index in [1.807, 2.05) is 24.3 Å². The van der Waals surface area contributed by atoms with Crippen molar-refractivity contribution < 1.29 is 4.39 Å². The number of rotatable bonds is 6. The summed E-state index contributed by atoms with van der Waals surface area (Å²) in [5.41, 5.74) is 2.01. The van der Waals surface area contributed by atoms with Gasteiger partial charge in [0.25, 0.3) is 0 Å². The van der Waals surface area contributed by atoms with Crippen LogP contribution in [0.15, 0.2) is 59.8 Å². The number of piperidine rings is 1. The smallest absolute Gasteiger partial charge is 0.196 e. The van der Waals surface area contributed by atoms with E-state index in [0.29, 0.717) is 5.75 Å². The molecule has 0 bridgehead atoms. The number of halogens is 1. The standard InChI is InChI=1S/C21H23FN4S/c22-18-9-7-8-17(14-18)16-27-21-24-23-20(15-25-12-5-2-6-13-25)26(21)19-10-3-1-4-11-19/h1,3-4,7-11,14H,2,5-6,12-13,15-16H2. The molecule has 6 heteroatoms. The summed E-state index contributed by atoms with van der Waals surface area (Å²) in [5.74, 6) is 1.42. The minimum Gasteiger partial charge on any atom is -0.296 e. The molecule has 4 rings (SSSR count). The summed E-state index contributed by atoms with van der Waals surface area (Å²) in [5, 5.41) is 9.79. The van der Waals surface area contributed by atoms with Gasteiger partial charge in [-0.3, -0.25) is 9.47 Å². The van der Waals surface area contributed by atoms with E-state index in [1.165, 1.54) is 25.3 Å². The van der Waals surface area contributed by atoms with Gasteiger partial charge in [-0.05, 0) is 55.8 Å². The van der Waals surface area contributed by atoms with Gasteiger partial charge < -0.3 is 0 Å². The van der Waals surface area contributed by atoms with E-state index >= 15 is 0 Å². The van der Waals surface area contributed by atoms with Crippen LogP contribution in [0.2, 0.25) is 0 Å². The first-order valence-corrected chi connectivity index (χ1v) is 10.4. The van der Waals surface area contributed by atoms with Gasteiger partial charge in [0.1, 0.15) is 5.82 Å². The molecule has 1 saturated heterocycles. The minimum absolute atomic E-state index is 0.205. The third-order valence-corrected chi connectivity index (χ3v) is 5.79. The Bertz CT molecular complexity index is 875. The number of hydrogen-bond acceptors (Lipinski definition) is 4. The molecular weight excluding hydrogens is 359 g/mol. The van der Waals surface area contributed by atoms with Crippen LogP contribution in [0.3, 0.4) is 0 Å². The highest BCUT2D eigenvalue weighted by molar-refractivity contribution is 7.98. The maximum Gasteiger partial charge on any atom is 0.196 e. The average Bonchev–Trinajstić information content (AvgIpc) is 3.10. The second-order valence-electron chi connectivity index (χ2n) is 6.83. The lowest BCUT2D eigenvalue weighted by molar-refractivity contribution is 0.214. The molecule has 1 aliphatic heterocycles. The largest absolute Gasteiger partial charge is 0.296 e. The number of aromatic nitrogens is 3. The molecule has 0 spiro atoms. The van der Waals surface area contributed by atoms with Gasteiger partial charge in [-0.15, -0.1) is 10.2 Å². The van der Waals surface area contributed by atoms with Crippen molar-refractivity contribution in [3.05, 3.63) is 71.8 Å². The van der Waals surface area contributed by atoms with Crippen molar-refractivity contribution in [2.45, 2.75) is 36.7 Å². The summed E-state index contributed by atoms with van der Waals surface area (Å²) in [4.78, 5) is 2.45. The highest BCUT2D eigenvalue weighted by Crippen LogP contribution is 2.26. The van der Waals surface area contributed by atoms with E-state index in [2.05, 4.69) is 31.8 Å². The number of thioether (sulfide) groups is 1. The van der Waals surface area contributed by atoms with Crippen LogP contribution in [0, 0.1) is 5.82 Å². The lowest BCUT2D eigenvalue weighted by Gasteiger charge is -2.26. The van der Waals surface area contributed by atoms with Gasteiger partial charge in [-0.25, -0.2) is 4.39 Å². The molecule has 0 unspecified atom stereocenters. The molecule has 0 N–H and O–H groups in total. The first kappa shape index (κ1) is 18.2. The molecule has 1 aliphatic rings. The normalized spacial score (nSPS) is 15.1. The number of nitrogens with zero attached hydrogens (tertiary/aromatic N) is 4. The zero-order chi connectivity index (χ0) is 18.5. The average molecular weight is 383 g/mol. The highest BCUT2D eigenvalue weighted by atomic mass is 32.2. The van der Waals surface area contributed by atoms with Gasteiger partial charge >= 0.3 is 0 Å². The van der Waals surface area contributed by atoms with Crippen LogP contribution < -0.4 is 0 Å². The van der Waals surface area contributed by atoms with E-state index in [0.717, 1.165) is 41.9 Å². The van der Waals surface area contributed by atoms with E-state index < -0.39 is 0 Å². The fourth-order valence-electron chi connectivity index (χ4n) is 3.42. The second-order valence-corrected chi connectivity index (χ2v) is 7.77. The van der Waals surface area contributed by atoms with Crippen LogP contribution >= 0.6 is 11.8 Å². The van der Waals surface area contributed by atoms with Crippen LogP contribution in [0.1, 0.15) is 30.7 Å². The van der Waals surface area contributed by atoms with E-state index in [9.17, 15) is 4.39 Å². The molecule has 2 heterocycles. The zero-order valence-corrected chi connectivity index (χ0v) is 16.0. The predicted octanol–water partition coefficient (Wildman–Crippen LogP) is 4.68. The van der Waals surface area contributed by atoms with Gasteiger partial charge in [0.15, 0.2) is 11.0 Å². The molecule has 3 aromatic rings. The van der Waals surface area contributed by atoms with Gasteiger partial charge in [0.05, 0.1) is 6.54 Å². The number of likely N-dealkylation sites (tertiary alicyclic amines) is 1. The topological polar surface area (TPSA) is 34.0 Å². The molecule has 0 atom stereocenters. The highest BCUT2D eigenvalue weighted by Gasteiger charge is 2.18. The fraction of sp³-hybridized carbons (Fsp3) is 0.333. The molecule has 0 amide bonds. The van der Waals surface area contributed by atoms with E-state index in [4.69, 9.17) is 0 Å². The van der Waals surface area contributed by atoms with Crippen LogP contribution in [-0.4, -0.2) is 32.8 Å². The fourth-order valence-corrected chi connectivity index (χ4v) is 4.34. The van der Waals surface area contributed by atoms with Crippen LogP contribution in [0.4, 0.5) is 4.39 Å². The summed E-state index contributed by atoms with van der Waals surface area (Å²) in [7, 11) is 0. The summed E-state index contributed by atoms with van der Waals surface area (Å²) in [6.45, 7) is 3.04. The van der Waals surface area contributed by atoms with Crippen molar-refractivity contribution in [3.8, 4) is 5.69 Å². The molecule has 1 aromatic heterocycles. The van der Waals surface area contributed by atoms with Crippen molar-refractivity contribution in [1.29, 1.82) is 0 Å². The molecule has 0 saturated carbocycles. The first-order chi connectivity index (χ1) is 13.3. The van der Waals surface area contributed by atoms with Crippen molar-refractivity contribution in [2.75, 3.05) is 13.1 Å². The number of benzene rings is 2. The molecule has 27 heavy (non-hydrogen) atoms. The monoisotopic (exact) mass is 382 g/mol. The van der Waals surface area contributed by atoms with E-state index in [1.54, 1.807) is 23.9 Å². The van der Waals surface area contributed by atoms with Crippen molar-refractivity contribution in [1.82, 2.24) is 19.7 Å². The Kier molecular flexibility index (Phi) is 5.84. The summed E-state index contributed by atoms with van der Waals surface area (Å²) in [6, 6.07) is 17.0. The first-order valence-electron chi connectivity index (χ1n) is 9.39. The molecule has 1 fully saturated rings. The molecule has 2 aromatic carbocycles. The Morgan fingerprint density at radius 3 is 2.52 bits per heavy atom.